The van der Waals surface area contributed by atoms with Gasteiger partial charge in [-0.05, 0) is 12.3 Å². The summed E-state index contributed by atoms with van der Waals surface area (Å²) in [6.45, 7) is 3.58. The van der Waals surface area contributed by atoms with Gasteiger partial charge in [-0.3, -0.25) is 0 Å². The highest BCUT2D eigenvalue weighted by atomic mass is 16.5. The number of hydrogen-bond acceptors (Lipinski definition) is 2. The first-order chi connectivity index (χ1) is 3.84. The molecule has 2 atom stereocenters. The molecule has 0 heterocycles. The van der Waals surface area contributed by atoms with E-state index in [0.717, 1.165) is 12.5 Å². The van der Waals surface area contributed by atoms with Crippen LogP contribution in [0.25, 0.3) is 0 Å². The second-order valence-electron chi connectivity index (χ2n) is 2.41. The fraction of sp³-hybridized carbons (Fsp3) is 1.00. The summed E-state index contributed by atoms with van der Waals surface area (Å²) >= 11 is 0. The van der Waals surface area contributed by atoms with Crippen LogP contribution in [0.2, 0.25) is 0 Å². The fourth-order valence-corrected chi connectivity index (χ4v) is 0.740. The summed E-state index contributed by atoms with van der Waals surface area (Å²) in [4.78, 5) is 0. The van der Waals surface area contributed by atoms with Crippen LogP contribution in [0.4, 0.5) is 0 Å². The molecule has 0 aromatic heterocycles. The second-order valence-corrected chi connectivity index (χ2v) is 2.41. The van der Waals surface area contributed by atoms with Crippen LogP contribution in [0.15, 0.2) is 0 Å². The highest BCUT2D eigenvalue weighted by Crippen LogP contribution is 2.32. The molecule has 1 saturated carbocycles. The van der Waals surface area contributed by atoms with E-state index in [4.69, 9.17) is 10.5 Å². The van der Waals surface area contributed by atoms with E-state index in [-0.39, 0.29) is 0 Å². The maximum Gasteiger partial charge on any atom is 0.0605 e. The van der Waals surface area contributed by atoms with E-state index in [1.54, 1.807) is 0 Å². The van der Waals surface area contributed by atoms with Crippen LogP contribution in [0.3, 0.4) is 0 Å². The number of hydrogen-bond donors (Lipinski definition) is 1. The lowest BCUT2D eigenvalue weighted by molar-refractivity contribution is 0.118. The van der Waals surface area contributed by atoms with Crippen LogP contribution in [-0.4, -0.2) is 19.3 Å². The Morgan fingerprint density at radius 1 is 1.75 bits per heavy atom. The van der Waals surface area contributed by atoms with Crippen molar-refractivity contribution in [2.45, 2.75) is 19.4 Å². The fourth-order valence-electron chi connectivity index (χ4n) is 0.740. The molecule has 0 aromatic rings. The quantitative estimate of drug-likeness (QED) is 0.576. The summed E-state index contributed by atoms with van der Waals surface area (Å²) in [6.07, 6.45) is 1.78. The first-order valence-electron chi connectivity index (χ1n) is 3.16. The Labute approximate surface area is 50.0 Å². The number of ether oxygens (including phenoxy) is 1. The molecule has 2 unspecified atom stereocenters. The molecule has 0 aromatic carbocycles. The molecular formula is C6H13NO. The molecule has 0 saturated heterocycles. The monoisotopic (exact) mass is 115 g/mol. The molecule has 2 heteroatoms. The zero-order valence-corrected chi connectivity index (χ0v) is 5.26. The van der Waals surface area contributed by atoms with Crippen molar-refractivity contribution in [1.29, 1.82) is 0 Å². The normalized spacial score (nSPS) is 35.2. The van der Waals surface area contributed by atoms with Gasteiger partial charge < -0.3 is 10.5 Å². The standard InChI is InChI=1S/C6H13NO/c1-5-4-6(5)8-3-2-7/h5-6H,2-4,7H2,1H3. The van der Waals surface area contributed by atoms with Gasteiger partial charge in [-0.1, -0.05) is 6.92 Å². The molecule has 1 fully saturated rings. The van der Waals surface area contributed by atoms with E-state index in [0.29, 0.717) is 12.6 Å². The Morgan fingerprint density at radius 2 is 2.38 bits per heavy atom. The van der Waals surface area contributed by atoms with Gasteiger partial charge in [-0.2, -0.15) is 0 Å². The van der Waals surface area contributed by atoms with Crippen molar-refractivity contribution >= 4 is 0 Å². The van der Waals surface area contributed by atoms with Crippen LogP contribution in [0.5, 0.6) is 0 Å². The molecule has 8 heavy (non-hydrogen) atoms. The van der Waals surface area contributed by atoms with Crippen LogP contribution in [-0.2, 0) is 4.74 Å². The van der Waals surface area contributed by atoms with Gasteiger partial charge in [0.15, 0.2) is 0 Å². The molecule has 1 aliphatic carbocycles. The third kappa shape index (κ3) is 1.46. The van der Waals surface area contributed by atoms with Gasteiger partial charge >= 0.3 is 0 Å². The van der Waals surface area contributed by atoms with Crippen molar-refractivity contribution in [3.8, 4) is 0 Å². The topological polar surface area (TPSA) is 35.2 Å². The lowest BCUT2D eigenvalue weighted by atomic mass is 10.5. The Bertz CT molecular complexity index is 74.9. The highest BCUT2D eigenvalue weighted by molar-refractivity contribution is 4.83. The zero-order chi connectivity index (χ0) is 5.98. The molecule has 0 aliphatic heterocycles. The van der Waals surface area contributed by atoms with E-state index in [1.807, 2.05) is 0 Å². The minimum Gasteiger partial charge on any atom is -0.377 e. The summed E-state index contributed by atoms with van der Waals surface area (Å²) in [5.74, 6) is 0.793. The molecule has 0 bridgehead atoms. The molecule has 0 amide bonds. The average molecular weight is 115 g/mol. The predicted octanol–water partition coefficient (Wildman–Crippen LogP) is 0.370. The van der Waals surface area contributed by atoms with Crippen LogP contribution in [0, 0.1) is 5.92 Å². The first-order valence-corrected chi connectivity index (χ1v) is 3.16. The van der Waals surface area contributed by atoms with Crippen molar-refractivity contribution in [3.05, 3.63) is 0 Å². The van der Waals surface area contributed by atoms with Gasteiger partial charge in [-0.25, -0.2) is 0 Å². The van der Waals surface area contributed by atoms with Gasteiger partial charge in [-0.15, -0.1) is 0 Å². The van der Waals surface area contributed by atoms with Gasteiger partial charge in [0.25, 0.3) is 0 Å². The lowest BCUT2D eigenvalue weighted by Gasteiger charge is -1.96. The van der Waals surface area contributed by atoms with Crippen LogP contribution in [0.1, 0.15) is 13.3 Å². The zero-order valence-electron chi connectivity index (χ0n) is 5.26. The van der Waals surface area contributed by atoms with Gasteiger partial charge in [0, 0.05) is 6.54 Å². The van der Waals surface area contributed by atoms with E-state index in [9.17, 15) is 0 Å². The third-order valence-corrected chi connectivity index (χ3v) is 1.49. The van der Waals surface area contributed by atoms with Crippen LogP contribution >= 0.6 is 0 Å². The Hall–Kier alpha value is -0.0800. The van der Waals surface area contributed by atoms with Crippen molar-refractivity contribution < 1.29 is 4.74 Å². The minimum absolute atomic E-state index is 0.540. The van der Waals surface area contributed by atoms with E-state index < -0.39 is 0 Å². The number of nitrogens with two attached hydrogens (primary N) is 1. The molecular weight excluding hydrogens is 102 g/mol. The third-order valence-electron chi connectivity index (χ3n) is 1.49. The molecule has 48 valence electrons. The Balaban J connectivity index is 1.89. The largest absolute Gasteiger partial charge is 0.377 e. The molecule has 1 aliphatic rings. The van der Waals surface area contributed by atoms with E-state index >= 15 is 0 Å². The average Bonchev–Trinajstić information content (AvgIpc) is 2.42. The molecule has 2 nitrogen and oxygen atoms in total. The smallest absolute Gasteiger partial charge is 0.0605 e. The van der Waals surface area contributed by atoms with Crippen LogP contribution < -0.4 is 5.73 Å². The van der Waals surface area contributed by atoms with Crippen molar-refractivity contribution in [2.24, 2.45) is 11.7 Å². The summed E-state index contributed by atoms with van der Waals surface area (Å²) in [5.41, 5.74) is 5.23. The molecule has 2 N–H and O–H groups in total. The highest BCUT2D eigenvalue weighted by Gasteiger charge is 2.32. The molecule has 0 spiro atoms. The predicted molar refractivity (Wildman–Crippen MR) is 32.6 cm³/mol. The van der Waals surface area contributed by atoms with Gasteiger partial charge in [0.05, 0.1) is 12.7 Å². The van der Waals surface area contributed by atoms with Crippen molar-refractivity contribution in [2.75, 3.05) is 13.2 Å². The Kier molecular flexibility index (Phi) is 1.86. The summed E-state index contributed by atoms with van der Waals surface area (Å²) in [5, 5.41) is 0. The first kappa shape index (κ1) is 6.05. The van der Waals surface area contributed by atoms with Crippen molar-refractivity contribution in [1.82, 2.24) is 0 Å². The minimum atomic E-state index is 0.540. The number of rotatable bonds is 3. The van der Waals surface area contributed by atoms with Crippen molar-refractivity contribution in [3.63, 3.8) is 0 Å². The SMILES string of the molecule is CC1CC1OCCN. The lowest BCUT2D eigenvalue weighted by Crippen LogP contribution is -2.09. The summed E-state index contributed by atoms with van der Waals surface area (Å²) < 4.78 is 5.29. The molecule has 0 radical (unpaired) electrons. The van der Waals surface area contributed by atoms with Gasteiger partial charge in [0.1, 0.15) is 0 Å². The molecule has 1 rings (SSSR count). The van der Waals surface area contributed by atoms with Gasteiger partial charge in [0.2, 0.25) is 0 Å². The maximum absolute atomic E-state index is 5.29. The maximum atomic E-state index is 5.29. The van der Waals surface area contributed by atoms with E-state index in [2.05, 4.69) is 6.92 Å². The summed E-state index contributed by atoms with van der Waals surface area (Å²) in [7, 11) is 0. The second kappa shape index (κ2) is 2.46. The Morgan fingerprint density at radius 3 is 2.75 bits per heavy atom. The van der Waals surface area contributed by atoms with E-state index in [1.165, 1.54) is 6.42 Å². The summed E-state index contributed by atoms with van der Waals surface area (Å²) in [6, 6.07) is 0.